The molecular weight excluding hydrogens is 284 g/mol. The molecule has 0 aromatic carbocycles. The number of pyridine rings is 1. The summed E-state index contributed by atoms with van der Waals surface area (Å²) in [7, 11) is 3.92. The Labute approximate surface area is 140 Å². The Hall–Kier alpha value is -1.97. The molecule has 1 fully saturated rings. The maximum atomic E-state index is 4.50. The Morgan fingerprint density at radius 1 is 1.39 bits per heavy atom. The zero-order valence-electron chi connectivity index (χ0n) is 14.9. The summed E-state index contributed by atoms with van der Waals surface area (Å²) in [5.74, 6) is 1.74. The fourth-order valence-electron chi connectivity index (χ4n) is 3.20. The Bertz CT molecular complexity index is 579. The standard InChI is InChI=1S/C19H30N4/c1-7-16-11-18(12-21-19(16)20-5)23(6)15(4)14(3)22-17-9-8-13(2)10-17/h11-13,17,22H,3-4,7-10H2,1-2,5-6H3,(H,20,21). The zero-order chi connectivity index (χ0) is 17.0. The van der Waals surface area contributed by atoms with Gasteiger partial charge in [-0.25, -0.2) is 4.98 Å². The van der Waals surface area contributed by atoms with Gasteiger partial charge in [-0.2, -0.15) is 0 Å². The lowest BCUT2D eigenvalue weighted by Gasteiger charge is -2.26. The van der Waals surface area contributed by atoms with Crippen molar-refractivity contribution in [3.05, 3.63) is 42.4 Å². The molecule has 0 aliphatic heterocycles. The van der Waals surface area contributed by atoms with Gasteiger partial charge in [-0.15, -0.1) is 0 Å². The van der Waals surface area contributed by atoms with E-state index in [0.717, 1.165) is 35.2 Å². The van der Waals surface area contributed by atoms with E-state index in [1.807, 2.05) is 20.3 Å². The molecule has 1 saturated carbocycles. The topological polar surface area (TPSA) is 40.2 Å². The lowest BCUT2D eigenvalue weighted by Crippen LogP contribution is -2.30. The van der Waals surface area contributed by atoms with Gasteiger partial charge >= 0.3 is 0 Å². The van der Waals surface area contributed by atoms with Crippen LogP contribution in [0.25, 0.3) is 0 Å². The summed E-state index contributed by atoms with van der Waals surface area (Å²) in [6.07, 6.45) is 6.55. The summed E-state index contributed by atoms with van der Waals surface area (Å²) in [5, 5.41) is 6.68. The van der Waals surface area contributed by atoms with E-state index in [1.165, 1.54) is 24.8 Å². The predicted molar refractivity (Wildman–Crippen MR) is 99.8 cm³/mol. The van der Waals surface area contributed by atoms with Gasteiger partial charge < -0.3 is 15.5 Å². The SMILES string of the molecule is C=C(NC1CCC(C)C1)C(=C)N(C)c1cnc(NC)c(CC)c1. The van der Waals surface area contributed by atoms with Gasteiger partial charge in [0.25, 0.3) is 0 Å². The van der Waals surface area contributed by atoms with E-state index in [0.29, 0.717) is 6.04 Å². The predicted octanol–water partition coefficient (Wildman–Crippen LogP) is 3.93. The van der Waals surface area contributed by atoms with Crippen molar-refractivity contribution in [1.82, 2.24) is 10.3 Å². The first kappa shape index (κ1) is 17.4. The molecule has 0 spiro atoms. The van der Waals surface area contributed by atoms with E-state index in [4.69, 9.17) is 0 Å². The number of hydrogen-bond donors (Lipinski definition) is 2. The summed E-state index contributed by atoms with van der Waals surface area (Å²) >= 11 is 0. The molecule has 2 atom stereocenters. The molecule has 1 aromatic rings. The summed E-state index contributed by atoms with van der Waals surface area (Å²) in [5.41, 5.74) is 4.04. The Balaban J connectivity index is 2.05. The molecule has 2 N–H and O–H groups in total. The number of rotatable bonds is 7. The van der Waals surface area contributed by atoms with Crippen LogP contribution in [0.2, 0.25) is 0 Å². The maximum Gasteiger partial charge on any atom is 0.129 e. The highest BCUT2D eigenvalue weighted by molar-refractivity contribution is 5.59. The van der Waals surface area contributed by atoms with E-state index in [2.05, 4.69) is 53.6 Å². The van der Waals surface area contributed by atoms with E-state index >= 15 is 0 Å². The lowest BCUT2D eigenvalue weighted by molar-refractivity contribution is 0.548. The van der Waals surface area contributed by atoms with Crippen molar-refractivity contribution < 1.29 is 0 Å². The quantitative estimate of drug-likeness (QED) is 0.748. The van der Waals surface area contributed by atoms with Crippen molar-refractivity contribution in [1.29, 1.82) is 0 Å². The molecule has 2 rings (SSSR count). The van der Waals surface area contributed by atoms with Crippen molar-refractivity contribution in [2.75, 3.05) is 24.3 Å². The van der Waals surface area contributed by atoms with Crippen LogP contribution in [0, 0.1) is 5.92 Å². The van der Waals surface area contributed by atoms with Gasteiger partial charge in [0.05, 0.1) is 23.3 Å². The van der Waals surface area contributed by atoms with Gasteiger partial charge in [-0.05, 0) is 43.2 Å². The van der Waals surface area contributed by atoms with E-state index < -0.39 is 0 Å². The van der Waals surface area contributed by atoms with Crippen LogP contribution in [-0.2, 0) is 6.42 Å². The first-order valence-corrected chi connectivity index (χ1v) is 8.51. The van der Waals surface area contributed by atoms with Gasteiger partial charge in [-0.1, -0.05) is 27.0 Å². The second-order valence-electron chi connectivity index (χ2n) is 6.55. The van der Waals surface area contributed by atoms with Crippen LogP contribution in [0.5, 0.6) is 0 Å². The number of nitrogens with one attached hydrogen (secondary N) is 2. The average molecular weight is 314 g/mol. The van der Waals surface area contributed by atoms with Gasteiger partial charge in [0, 0.05) is 20.1 Å². The highest BCUT2D eigenvalue weighted by Gasteiger charge is 2.22. The Morgan fingerprint density at radius 2 is 2.13 bits per heavy atom. The fourth-order valence-corrected chi connectivity index (χ4v) is 3.20. The summed E-state index contributed by atoms with van der Waals surface area (Å²) in [4.78, 5) is 6.55. The second-order valence-corrected chi connectivity index (χ2v) is 6.55. The number of aryl methyl sites for hydroxylation is 1. The summed E-state index contributed by atoms with van der Waals surface area (Å²) in [6.45, 7) is 12.8. The van der Waals surface area contributed by atoms with Crippen LogP contribution >= 0.6 is 0 Å². The monoisotopic (exact) mass is 314 g/mol. The molecule has 0 saturated heterocycles. The molecule has 1 aromatic heterocycles. The molecular formula is C19H30N4. The summed E-state index contributed by atoms with van der Waals surface area (Å²) in [6, 6.07) is 2.69. The van der Waals surface area contributed by atoms with Gasteiger partial charge in [0.2, 0.25) is 0 Å². The molecule has 126 valence electrons. The molecule has 0 bridgehead atoms. The first-order valence-electron chi connectivity index (χ1n) is 8.51. The summed E-state index contributed by atoms with van der Waals surface area (Å²) < 4.78 is 0. The van der Waals surface area contributed by atoms with Gasteiger partial charge in [-0.3, -0.25) is 0 Å². The van der Waals surface area contributed by atoms with Crippen LogP contribution in [0.3, 0.4) is 0 Å². The molecule has 4 nitrogen and oxygen atoms in total. The van der Waals surface area contributed by atoms with Crippen molar-refractivity contribution in [2.24, 2.45) is 5.92 Å². The second kappa shape index (κ2) is 7.53. The van der Waals surface area contributed by atoms with Crippen molar-refractivity contribution in [2.45, 2.75) is 45.6 Å². The average Bonchev–Trinajstić information content (AvgIpc) is 2.97. The molecule has 0 radical (unpaired) electrons. The number of likely N-dealkylation sites (N-methyl/N-ethyl adjacent to an activating group) is 1. The van der Waals surface area contributed by atoms with Gasteiger partial charge in [0.1, 0.15) is 5.82 Å². The van der Waals surface area contributed by atoms with E-state index in [9.17, 15) is 0 Å². The third-order valence-electron chi connectivity index (χ3n) is 4.78. The molecule has 2 unspecified atom stereocenters. The van der Waals surface area contributed by atoms with Crippen LogP contribution in [-0.4, -0.2) is 25.1 Å². The van der Waals surface area contributed by atoms with E-state index in [1.54, 1.807) is 0 Å². The molecule has 23 heavy (non-hydrogen) atoms. The Kier molecular flexibility index (Phi) is 5.69. The molecule has 4 heteroatoms. The number of anilines is 2. The van der Waals surface area contributed by atoms with Crippen molar-refractivity contribution >= 4 is 11.5 Å². The minimum Gasteiger partial charge on any atom is -0.381 e. The number of aromatic nitrogens is 1. The number of hydrogen-bond acceptors (Lipinski definition) is 4. The fraction of sp³-hybridized carbons (Fsp3) is 0.526. The van der Waals surface area contributed by atoms with Crippen LogP contribution in [0.1, 0.15) is 38.7 Å². The third-order valence-corrected chi connectivity index (χ3v) is 4.78. The van der Waals surface area contributed by atoms with E-state index in [-0.39, 0.29) is 0 Å². The van der Waals surface area contributed by atoms with Crippen molar-refractivity contribution in [3.8, 4) is 0 Å². The van der Waals surface area contributed by atoms with Crippen LogP contribution < -0.4 is 15.5 Å². The highest BCUT2D eigenvalue weighted by atomic mass is 15.2. The smallest absolute Gasteiger partial charge is 0.129 e. The minimum absolute atomic E-state index is 0.527. The highest BCUT2D eigenvalue weighted by Crippen LogP contribution is 2.27. The lowest BCUT2D eigenvalue weighted by atomic mass is 10.1. The van der Waals surface area contributed by atoms with Crippen LogP contribution in [0.15, 0.2) is 36.8 Å². The first-order chi connectivity index (χ1) is 11.0. The third kappa shape index (κ3) is 4.06. The molecule has 1 aliphatic rings. The number of nitrogens with zero attached hydrogens (tertiary/aromatic N) is 2. The van der Waals surface area contributed by atoms with Crippen molar-refractivity contribution in [3.63, 3.8) is 0 Å². The molecule has 0 amide bonds. The Morgan fingerprint density at radius 3 is 2.70 bits per heavy atom. The zero-order valence-corrected chi connectivity index (χ0v) is 14.9. The normalized spacial score (nSPS) is 20.2. The van der Waals surface area contributed by atoms with Crippen LogP contribution in [0.4, 0.5) is 11.5 Å². The molecule has 1 heterocycles. The minimum atomic E-state index is 0.527. The largest absolute Gasteiger partial charge is 0.381 e. The maximum absolute atomic E-state index is 4.50. The van der Waals surface area contributed by atoms with Gasteiger partial charge in [0.15, 0.2) is 0 Å². The molecule has 1 aliphatic carbocycles.